The van der Waals surface area contributed by atoms with Crippen molar-refractivity contribution in [1.82, 2.24) is 0 Å². The molecule has 1 aliphatic rings. The molecule has 0 fully saturated rings. The third-order valence-electron chi connectivity index (χ3n) is 6.13. The number of hydrogen-bond donors (Lipinski definition) is 3. The Hall–Kier alpha value is -1.72. The van der Waals surface area contributed by atoms with Gasteiger partial charge in [-0.15, -0.1) is 0 Å². The van der Waals surface area contributed by atoms with Gasteiger partial charge in [0.15, 0.2) is 0 Å². The van der Waals surface area contributed by atoms with Crippen LogP contribution in [0.1, 0.15) is 67.7 Å². The van der Waals surface area contributed by atoms with E-state index in [1.165, 1.54) is 0 Å². The number of carboxylic acids is 1. The molecule has 31 heavy (non-hydrogen) atoms. The first-order valence-electron chi connectivity index (χ1n) is 11.3. The molecule has 6 heteroatoms. The minimum atomic E-state index is -0.937. The molecule has 0 aromatic carbocycles. The van der Waals surface area contributed by atoms with Crippen molar-refractivity contribution in [3.05, 3.63) is 28.9 Å². The molecule has 0 amide bonds. The van der Waals surface area contributed by atoms with Crippen molar-refractivity contribution in [3.8, 4) is 0 Å². The molecule has 4 N–H and O–H groups in total. The lowest BCUT2D eigenvalue weighted by molar-refractivity contribution is -0.142. The van der Waals surface area contributed by atoms with Gasteiger partial charge in [0.2, 0.25) is 0 Å². The van der Waals surface area contributed by atoms with Gasteiger partial charge >= 0.3 is 5.97 Å². The molecule has 0 aromatic heterocycles. The highest BCUT2D eigenvalue weighted by molar-refractivity contribution is 5.69. The minimum Gasteiger partial charge on any atom is -0.481 e. The van der Waals surface area contributed by atoms with Gasteiger partial charge in [-0.25, -0.2) is 4.79 Å². The molecule has 176 valence electrons. The van der Waals surface area contributed by atoms with Crippen molar-refractivity contribution in [2.24, 2.45) is 28.9 Å². The molecule has 0 heterocycles. The van der Waals surface area contributed by atoms with E-state index in [-0.39, 0.29) is 23.7 Å². The number of rotatable bonds is 11. The summed E-state index contributed by atoms with van der Waals surface area (Å²) in [6.07, 6.45) is 4.08. The van der Waals surface area contributed by atoms with Gasteiger partial charge in [0.05, 0.1) is 17.6 Å². The number of nitrogens with two attached hydrogens (primary N) is 1. The maximum absolute atomic E-state index is 11.9. The molecule has 0 spiro atoms. The van der Waals surface area contributed by atoms with E-state index in [2.05, 4.69) is 40.6 Å². The van der Waals surface area contributed by atoms with Crippen LogP contribution < -0.4 is 5.73 Å². The summed E-state index contributed by atoms with van der Waals surface area (Å²) in [6.45, 7) is 14.4. The first kappa shape index (κ1) is 27.3. The van der Waals surface area contributed by atoms with Crippen LogP contribution in [0.2, 0.25) is 0 Å². The molecule has 0 aliphatic heterocycles. The quantitative estimate of drug-likeness (QED) is 0.424. The second-order valence-corrected chi connectivity index (χ2v) is 10.1. The zero-order valence-electron chi connectivity index (χ0n) is 20.1. The third-order valence-corrected chi connectivity index (χ3v) is 6.13. The van der Waals surface area contributed by atoms with E-state index < -0.39 is 30.1 Å². The van der Waals surface area contributed by atoms with Gasteiger partial charge in [-0.2, -0.15) is 0 Å². The molecule has 6 nitrogen and oxygen atoms in total. The Morgan fingerprint density at radius 2 is 1.84 bits per heavy atom. The molecule has 0 aromatic rings. The zero-order valence-corrected chi connectivity index (χ0v) is 20.1. The lowest BCUT2D eigenvalue weighted by Gasteiger charge is -2.34. The number of ether oxygens (including phenoxy) is 1. The lowest BCUT2D eigenvalue weighted by Crippen LogP contribution is -2.39. The molecular formula is C25H41NO5. The standard InChI is InChI=1S/C25H41NO5/c1-8-31-23-17(9-10-20(19(23)14-27)25(5,6)7)12-18(15(2)3)13-21(26)22(28)11-16(4)24(29)30/h9-10,15-16,18,21-23,28H,8,11-13,26H2,1-7H3,(H,29,30)/t16-,18+,21+,22+,23+/m1/s1. The number of aliphatic hydroxyl groups is 1. The van der Waals surface area contributed by atoms with E-state index >= 15 is 0 Å². The molecule has 0 saturated carbocycles. The van der Waals surface area contributed by atoms with Gasteiger partial charge < -0.3 is 20.7 Å². The molecule has 1 rings (SSSR count). The molecule has 0 bridgehead atoms. The predicted molar refractivity (Wildman–Crippen MR) is 123 cm³/mol. The van der Waals surface area contributed by atoms with Crippen molar-refractivity contribution in [1.29, 1.82) is 0 Å². The monoisotopic (exact) mass is 435 g/mol. The van der Waals surface area contributed by atoms with Gasteiger partial charge in [0, 0.05) is 12.6 Å². The van der Waals surface area contributed by atoms with Gasteiger partial charge in [0.25, 0.3) is 0 Å². The number of carboxylic acid groups (broad SMARTS) is 1. The normalized spacial score (nSPS) is 21.1. The molecule has 5 atom stereocenters. The molecular weight excluding hydrogens is 394 g/mol. The van der Waals surface area contributed by atoms with E-state index in [1.807, 2.05) is 19.1 Å². The van der Waals surface area contributed by atoms with Crippen LogP contribution in [0, 0.1) is 23.2 Å². The van der Waals surface area contributed by atoms with Crippen molar-refractivity contribution in [2.45, 2.75) is 86.0 Å². The van der Waals surface area contributed by atoms with Crippen molar-refractivity contribution >= 4 is 11.9 Å². The van der Waals surface area contributed by atoms with Crippen molar-refractivity contribution in [2.75, 3.05) is 6.61 Å². The Kier molecular flexibility index (Phi) is 10.4. The van der Waals surface area contributed by atoms with E-state index in [1.54, 1.807) is 6.92 Å². The minimum absolute atomic E-state index is 0.126. The molecule has 0 saturated heterocycles. The van der Waals surface area contributed by atoms with Crippen LogP contribution in [0.25, 0.3) is 0 Å². The van der Waals surface area contributed by atoms with Crippen LogP contribution in [-0.4, -0.2) is 47.0 Å². The Labute approximate surface area is 187 Å². The summed E-state index contributed by atoms with van der Waals surface area (Å²) in [5, 5.41) is 19.5. The number of aliphatic hydroxyl groups excluding tert-OH is 1. The van der Waals surface area contributed by atoms with Crippen LogP contribution >= 0.6 is 0 Å². The number of carbonyl (C=O) groups is 1. The predicted octanol–water partition coefficient (Wildman–Crippen LogP) is 3.91. The lowest BCUT2D eigenvalue weighted by atomic mass is 9.74. The summed E-state index contributed by atoms with van der Waals surface area (Å²) in [5.74, 6) is 0.981. The second-order valence-electron chi connectivity index (χ2n) is 10.1. The van der Waals surface area contributed by atoms with Crippen LogP contribution in [-0.2, 0) is 14.3 Å². The van der Waals surface area contributed by atoms with Gasteiger partial charge in [0.1, 0.15) is 12.0 Å². The summed E-state index contributed by atoms with van der Waals surface area (Å²) < 4.78 is 5.98. The van der Waals surface area contributed by atoms with Crippen LogP contribution in [0.5, 0.6) is 0 Å². The second kappa shape index (κ2) is 11.8. The largest absolute Gasteiger partial charge is 0.481 e. The number of carbonyl (C=O) groups excluding carboxylic acids is 1. The number of allylic oxidation sites excluding steroid dienone is 2. The van der Waals surface area contributed by atoms with Crippen LogP contribution in [0.15, 0.2) is 28.9 Å². The first-order valence-corrected chi connectivity index (χ1v) is 11.3. The highest BCUT2D eigenvalue weighted by Crippen LogP contribution is 2.40. The number of aliphatic carboxylic acids is 1. The van der Waals surface area contributed by atoms with E-state index in [0.29, 0.717) is 25.0 Å². The fourth-order valence-corrected chi connectivity index (χ4v) is 4.03. The summed E-state index contributed by atoms with van der Waals surface area (Å²) in [5.41, 5.74) is 8.55. The van der Waals surface area contributed by atoms with Crippen LogP contribution in [0.4, 0.5) is 0 Å². The average molecular weight is 436 g/mol. The van der Waals surface area contributed by atoms with Gasteiger partial charge in [-0.05, 0) is 54.6 Å². The zero-order chi connectivity index (χ0) is 23.9. The highest BCUT2D eigenvalue weighted by Gasteiger charge is 2.34. The highest BCUT2D eigenvalue weighted by atomic mass is 16.5. The fourth-order valence-electron chi connectivity index (χ4n) is 4.03. The molecule has 1 aliphatic carbocycles. The Morgan fingerprint density at radius 3 is 2.29 bits per heavy atom. The maximum atomic E-state index is 11.9. The van der Waals surface area contributed by atoms with Gasteiger partial charge in [-0.3, -0.25) is 4.79 Å². The molecule has 0 unspecified atom stereocenters. The Morgan fingerprint density at radius 1 is 1.23 bits per heavy atom. The van der Waals surface area contributed by atoms with E-state index in [0.717, 1.165) is 11.1 Å². The summed E-state index contributed by atoms with van der Waals surface area (Å²) in [6, 6.07) is -0.523. The Balaban J connectivity index is 3.09. The van der Waals surface area contributed by atoms with Gasteiger partial charge in [-0.1, -0.05) is 53.7 Å². The van der Waals surface area contributed by atoms with Crippen LogP contribution in [0.3, 0.4) is 0 Å². The third kappa shape index (κ3) is 7.73. The number of hydrogen-bond acceptors (Lipinski definition) is 5. The smallest absolute Gasteiger partial charge is 0.306 e. The van der Waals surface area contributed by atoms with E-state index in [4.69, 9.17) is 15.6 Å². The first-order chi connectivity index (χ1) is 14.3. The molecule has 0 radical (unpaired) electrons. The topological polar surface area (TPSA) is 110 Å². The summed E-state index contributed by atoms with van der Waals surface area (Å²) in [7, 11) is 0. The Bertz CT molecular complexity index is 725. The maximum Gasteiger partial charge on any atom is 0.306 e. The van der Waals surface area contributed by atoms with Crippen molar-refractivity contribution < 1.29 is 24.5 Å². The summed E-state index contributed by atoms with van der Waals surface area (Å²) in [4.78, 5) is 23.0. The summed E-state index contributed by atoms with van der Waals surface area (Å²) >= 11 is 0. The SMILES string of the molecule is CCO[C@@H]1C(=C=O)C(C(C)(C)C)=CC=C1C[C@@H](C[C@H](N)[C@@H](O)C[C@@H](C)C(=O)O)C(C)C. The van der Waals surface area contributed by atoms with E-state index in [9.17, 15) is 14.7 Å². The average Bonchev–Trinajstić information content (AvgIpc) is 2.66. The fraction of sp³-hybridized carbons (Fsp3) is 0.720. The van der Waals surface area contributed by atoms with Crippen molar-refractivity contribution in [3.63, 3.8) is 0 Å².